The van der Waals surface area contributed by atoms with Crippen LogP contribution < -0.4 is 11.1 Å². The predicted molar refractivity (Wildman–Crippen MR) is 78.8 cm³/mol. The molecule has 1 aliphatic rings. The second-order valence-electron chi connectivity index (χ2n) is 5.81. The molecule has 6 heteroatoms. The molecule has 1 aliphatic carbocycles. The molecular formula is C14H24N4O2. The molecule has 0 amide bonds. The van der Waals surface area contributed by atoms with Crippen molar-refractivity contribution in [2.24, 2.45) is 0 Å². The van der Waals surface area contributed by atoms with Gasteiger partial charge in [0, 0.05) is 38.2 Å². The molecule has 1 heterocycles. The lowest BCUT2D eigenvalue weighted by atomic mass is 10.0. The van der Waals surface area contributed by atoms with Crippen LogP contribution in [0.25, 0.3) is 0 Å². The van der Waals surface area contributed by atoms with Crippen LogP contribution in [-0.2, 0) is 4.74 Å². The number of methoxy groups -OCH3 is 1. The van der Waals surface area contributed by atoms with Crippen molar-refractivity contribution in [2.75, 3.05) is 31.3 Å². The van der Waals surface area contributed by atoms with E-state index in [1.807, 2.05) is 6.92 Å². The highest BCUT2D eigenvalue weighted by Crippen LogP contribution is 2.39. The molecule has 6 nitrogen and oxygen atoms in total. The molecule has 0 spiro atoms. The SMILES string of the molecule is COCCC(C)(O)CNc1nc(C2CC2)nc(N)c1C. The van der Waals surface area contributed by atoms with E-state index in [1.54, 1.807) is 14.0 Å². The van der Waals surface area contributed by atoms with Crippen LogP contribution in [0, 0.1) is 6.92 Å². The van der Waals surface area contributed by atoms with Crippen LogP contribution in [0.5, 0.6) is 0 Å². The number of aliphatic hydroxyl groups is 1. The molecule has 1 unspecified atom stereocenters. The largest absolute Gasteiger partial charge is 0.388 e. The summed E-state index contributed by atoms with van der Waals surface area (Å²) in [4.78, 5) is 8.87. The number of rotatable bonds is 7. The first-order valence-corrected chi connectivity index (χ1v) is 7.02. The van der Waals surface area contributed by atoms with Gasteiger partial charge in [-0.1, -0.05) is 0 Å². The fourth-order valence-corrected chi connectivity index (χ4v) is 1.93. The van der Waals surface area contributed by atoms with Gasteiger partial charge in [0.25, 0.3) is 0 Å². The fraction of sp³-hybridized carbons (Fsp3) is 0.714. The minimum absolute atomic E-state index is 0.401. The Kier molecular flexibility index (Phi) is 4.45. The monoisotopic (exact) mass is 280 g/mol. The first-order chi connectivity index (χ1) is 9.43. The average Bonchev–Trinajstić information content (AvgIpc) is 3.22. The van der Waals surface area contributed by atoms with Crippen molar-refractivity contribution in [1.29, 1.82) is 0 Å². The Morgan fingerprint density at radius 1 is 1.45 bits per heavy atom. The van der Waals surface area contributed by atoms with Gasteiger partial charge < -0.3 is 20.9 Å². The summed E-state index contributed by atoms with van der Waals surface area (Å²) in [5.41, 5.74) is 5.92. The van der Waals surface area contributed by atoms with Gasteiger partial charge in [-0.15, -0.1) is 0 Å². The second-order valence-corrected chi connectivity index (χ2v) is 5.81. The molecule has 1 aromatic heterocycles. The molecule has 1 fully saturated rings. The molecule has 0 aliphatic heterocycles. The van der Waals surface area contributed by atoms with Crippen molar-refractivity contribution in [3.8, 4) is 0 Å². The molecule has 20 heavy (non-hydrogen) atoms. The van der Waals surface area contributed by atoms with Crippen molar-refractivity contribution in [1.82, 2.24) is 9.97 Å². The average molecular weight is 280 g/mol. The maximum Gasteiger partial charge on any atom is 0.136 e. The lowest BCUT2D eigenvalue weighted by Crippen LogP contribution is -2.35. The van der Waals surface area contributed by atoms with Crippen LogP contribution in [0.15, 0.2) is 0 Å². The van der Waals surface area contributed by atoms with Crippen molar-refractivity contribution in [2.45, 2.75) is 44.6 Å². The van der Waals surface area contributed by atoms with Crippen molar-refractivity contribution in [3.63, 3.8) is 0 Å². The molecule has 1 aromatic rings. The van der Waals surface area contributed by atoms with Crippen LogP contribution in [0.1, 0.15) is 43.5 Å². The summed E-state index contributed by atoms with van der Waals surface area (Å²) in [5.74, 6) is 2.50. The first-order valence-electron chi connectivity index (χ1n) is 7.02. The summed E-state index contributed by atoms with van der Waals surface area (Å²) in [5, 5.41) is 13.4. The maximum absolute atomic E-state index is 10.2. The van der Waals surface area contributed by atoms with Crippen LogP contribution in [0.3, 0.4) is 0 Å². The lowest BCUT2D eigenvalue weighted by molar-refractivity contribution is 0.0357. The van der Waals surface area contributed by atoms with Crippen LogP contribution in [0.2, 0.25) is 0 Å². The summed E-state index contributed by atoms with van der Waals surface area (Å²) >= 11 is 0. The zero-order chi connectivity index (χ0) is 14.8. The van der Waals surface area contributed by atoms with Gasteiger partial charge in [0.2, 0.25) is 0 Å². The van der Waals surface area contributed by atoms with E-state index in [0.717, 1.165) is 30.0 Å². The zero-order valence-electron chi connectivity index (χ0n) is 12.4. The Morgan fingerprint density at radius 2 is 2.15 bits per heavy atom. The number of nitrogens with one attached hydrogen (secondary N) is 1. The Balaban J connectivity index is 2.04. The third kappa shape index (κ3) is 3.80. The normalized spacial score (nSPS) is 17.8. The van der Waals surface area contributed by atoms with E-state index in [-0.39, 0.29) is 0 Å². The van der Waals surface area contributed by atoms with E-state index in [4.69, 9.17) is 10.5 Å². The molecule has 1 atom stereocenters. The number of hydrogen-bond acceptors (Lipinski definition) is 6. The molecule has 0 radical (unpaired) electrons. The molecule has 2 rings (SSSR count). The Bertz CT molecular complexity index is 472. The summed E-state index contributed by atoms with van der Waals surface area (Å²) in [6.07, 6.45) is 2.83. The number of nitrogen functional groups attached to an aromatic ring is 1. The van der Waals surface area contributed by atoms with Crippen molar-refractivity contribution in [3.05, 3.63) is 11.4 Å². The van der Waals surface area contributed by atoms with E-state index >= 15 is 0 Å². The first kappa shape index (κ1) is 15.0. The van der Waals surface area contributed by atoms with Gasteiger partial charge in [-0.2, -0.15) is 0 Å². The lowest BCUT2D eigenvalue weighted by Gasteiger charge is -2.24. The van der Waals surface area contributed by atoms with Gasteiger partial charge in [-0.3, -0.25) is 0 Å². The van der Waals surface area contributed by atoms with E-state index in [0.29, 0.717) is 31.3 Å². The third-order valence-corrected chi connectivity index (χ3v) is 3.62. The summed E-state index contributed by atoms with van der Waals surface area (Å²) in [6, 6.07) is 0. The number of nitrogens with two attached hydrogens (primary N) is 1. The summed E-state index contributed by atoms with van der Waals surface area (Å²) < 4.78 is 5.00. The molecule has 4 N–H and O–H groups in total. The van der Waals surface area contributed by atoms with Crippen LogP contribution in [-0.4, -0.2) is 40.9 Å². The standard InChI is InChI=1S/C14H24N4O2/c1-9-11(15)17-13(10-4-5-10)18-12(9)16-8-14(2,19)6-7-20-3/h10,19H,4-8H2,1-3H3,(H3,15,16,17,18). The highest BCUT2D eigenvalue weighted by molar-refractivity contribution is 5.55. The van der Waals surface area contributed by atoms with Gasteiger partial charge in [0.1, 0.15) is 17.5 Å². The Hall–Kier alpha value is -1.40. The molecular weight excluding hydrogens is 256 g/mol. The van der Waals surface area contributed by atoms with Crippen molar-refractivity contribution >= 4 is 11.6 Å². The van der Waals surface area contributed by atoms with Gasteiger partial charge in [0.05, 0.1) is 5.60 Å². The number of nitrogens with zero attached hydrogens (tertiary/aromatic N) is 2. The Morgan fingerprint density at radius 3 is 2.75 bits per heavy atom. The summed E-state index contributed by atoms with van der Waals surface area (Å²) in [7, 11) is 1.63. The van der Waals surface area contributed by atoms with Gasteiger partial charge in [0.15, 0.2) is 0 Å². The number of hydrogen-bond donors (Lipinski definition) is 3. The van der Waals surface area contributed by atoms with E-state index in [1.165, 1.54) is 0 Å². The van der Waals surface area contributed by atoms with E-state index in [9.17, 15) is 5.11 Å². The number of ether oxygens (including phenoxy) is 1. The molecule has 0 bridgehead atoms. The van der Waals surface area contributed by atoms with Crippen LogP contribution in [0.4, 0.5) is 11.6 Å². The predicted octanol–water partition coefficient (Wildman–Crippen LogP) is 1.44. The van der Waals surface area contributed by atoms with Crippen LogP contribution >= 0.6 is 0 Å². The quantitative estimate of drug-likeness (QED) is 0.700. The number of anilines is 2. The molecule has 1 saturated carbocycles. The van der Waals surface area contributed by atoms with Crippen molar-refractivity contribution < 1.29 is 9.84 Å². The summed E-state index contributed by atoms with van der Waals surface area (Å²) in [6.45, 7) is 4.59. The van der Waals surface area contributed by atoms with E-state index in [2.05, 4.69) is 15.3 Å². The minimum Gasteiger partial charge on any atom is -0.388 e. The topological polar surface area (TPSA) is 93.3 Å². The van der Waals surface area contributed by atoms with Gasteiger partial charge >= 0.3 is 0 Å². The number of aromatic nitrogens is 2. The minimum atomic E-state index is -0.845. The highest BCUT2D eigenvalue weighted by atomic mass is 16.5. The van der Waals surface area contributed by atoms with E-state index < -0.39 is 5.60 Å². The van der Waals surface area contributed by atoms with Gasteiger partial charge in [-0.05, 0) is 26.7 Å². The Labute approximate surface area is 119 Å². The maximum atomic E-state index is 10.2. The fourth-order valence-electron chi connectivity index (χ4n) is 1.93. The zero-order valence-corrected chi connectivity index (χ0v) is 12.4. The molecule has 0 saturated heterocycles. The molecule has 112 valence electrons. The highest BCUT2D eigenvalue weighted by Gasteiger charge is 2.28. The molecule has 0 aromatic carbocycles. The van der Waals surface area contributed by atoms with Gasteiger partial charge in [-0.25, -0.2) is 9.97 Å². The second kappa shape index (κ2) is 5.93. The smallest absolute Gasteiger partial charge is 0.136 e. The third-order valence-electron chi connectivity index (χ3n) is 3.62.